The van der Waals surface area contributed by atoms with Gasteiger partial charge in [0.1, 0.15) is 12.6 Å². The topological polar surface area (TPSA) is 56.8 Å². The first-order chi connectivity index (χ1) is 13.8. The molecule has 29 heavy (non-hydrogen) atoms. The highest BCUT2D eigenvalue weighted by atomic mass is 79.9. The zero-order valence-corrected chi connectivity index (χ0v) is 17.6. The molecule has 162 valence electrons. The van der Waals surface area contributed by atoms with Gasteiger partial charge < -0.3 is 9.64 Å². The van der Waals surface area contributed by atoms with Gasteiger partial charge in [-0.25, -0.2) is 10.9 Å². The molecule has 2 atom stereocenters. The van der Waals surface area contributed by atoms with Gasteiger partial charge in [-0.15, -0.1) is 0 Å². The highest BCUT2D eigenvalue weighted by molar-refractivity contribution is 9.10. The molecular weight excluding hydrogens is 453 g/mol. The summed E-state index contributed by atoms with van der Waals surface area (Å²) in [7, 11) is 0. The van der Waals surface area contributed by atoms with Crippen molar-refractivity contribution in [1.29, 1.82) is 0 Å². The molecule has 2 saturated heterocycles. The van der Waals surface area contributed by atoms with Gasteiger partial charge >= 0.3 is 6.18 Å². The number of halogens is 4. The van der Waals surface area contributed by atoms with Gasteiger partial charge in [0.15, 0.2) is 0 Å². The molecule has 0 aliphatic carbocycles. The van der Waals surface area contributed by atoms with Crippen LogP contribution in [0.15, 0.2) is 28.7 Å². The Hall–Kier alpha value is -1.20. The maximum atomic E-state index is 12.8. The Labute approximate surface area is 176 Å². The lowest BCUT2D eigenvalue weighted by Crippen LogP contribution is -2.53. The number of hydrogen-bond donors (Lipinski definition) is 2. The summed E-state index contributed by atoms with van der Waals surface area (Å²) in [5.41, 5.74) is 7.45. The monoisotopic (exact) mass is 478 g/mol. The van der Waals surface area contributed by atoms with Crippen molar-refractivity contribution in [2.24, 2.45) is 0 Å². The normalized spacial score (nSPS) is 23.5. The quantitative estimate of drug-likeness (QED) is 0.589. The van der Waals surface area contributed by atoms with Gasteiger partial charge in [-0.05, 0) is 30.5 Å². The average molecular weight is 479 g/mol. The van der Waals surface area contributed by atoms with Crippen LogP contribution in [0.4, 0.5) is 13.2 Å². The highest BCUT2D eigenvalue weighted by Gasteiger charge is 2.34. The minimum absolute atomic E-state index is 0.0882. The molecule has 2 aliphatic heterocycles. The minimum atomic E-state index is -4.27. The second-order valence-corrected chi connectivity index (χ2v) is 8.29. The molecule has 1 aromatic carbocycles. The van der Waals surface area contributed by atoms with Crippen molar-refractivity contribution in [2.45, 2.75) is 31.1 Å². The SMILES string of the molecule is O=C(C1CC(c2ccc(Br)cc2)NN1)N1CCN(CCCOCC(F)(F)F)CC1. The number of carbonyl (C=O) groups excluding carboxylic acids is 1. The van der Waals surface area contributed by atoms with Crippen molar-refractivity contribution in [2.75, 3.05) is 45.9 Å². The van der Waals surface area contributed by atoms with Crippen LogP contribution in [-0.4, -0.2) is 73.9 Å². The number of amides is 1. The van der Waals surface area contributed by atoms with E-state index >= 15 is 0 Å². The van der Waals surface area contributed by atoms with E-state index in [0.717, 1.165) is 23.1 Å². The van der Waals surface area contributed by atoms with Crippen molar-refractivity contribution < 1.29 is 22.7 Å². The minimum Gasteiger partial charge on any atom is -0.372 e. The maximum absolute atomic E-state index is 12.8. The smallest absolute Gasteiger partial charge is 0.372 e. The Balaban J connectivity index is 1.35. The molecule has 0 spiro atoms. The largest absolute Gasteiger partial charge is 0.411 e. The van der Waals surface area contributed by atoms with E-state index in [2.05, 4.69) is 36.4 Å². The van der Waals surface area contributed by atoms with E-state index < -0.39 is 12.8 Å². The molecule has 0 aromatic heterocycles. The van der Waals surface area contributed by atoms with Crippen molar-refractivity contribution in [3.63, 3.8) is 0 Å². The molecule has 2 N–H and O–H groups in total. The Morgan fingerprint density at radius 3 is 2.48 bits per heavy atom. The molecule has 2 aliphatic rings. The second-order valence-electron chi connectivity index (χ2n) is 7.37. The average Bonchev–Trinajstić information content (AvgIpc) is 3.17. The number of benzene rings is 1. The predicted octanol–water partition coefficient (Wildman–Crippen LogP) is 2.47. The molecule has 2 unspecified atom stereocenters. The predicted molar refractivity (Wildman–Crippen MR) is 106 cm³/mol. The van der Waals surface area contributed by atoms with Crippen LogP contribution in [0.5, 0.6) is 0 Å². The zero-order chi connectivity index (χ0) is 20.9. The van der Waals surface area contributed by atoms with Gasteiger partial charge in [0, 0.05) is 49.8 Å². The molecule has 3 rings (SSSR count). The van der Waals surface area contributed by atoms with Gasteiger partial charge in [0.05, 0.1) is 0 Å². The van der Waals surface area contributed by atoms with Gasteiger partial charge in [0.2, 0.25) is 5.91 Å². The van der Waals surface area contributed by atoms with Crippen molar-refractivity contribution >= 4 is 21.8 Å². The van der Waals surface area contributed by atoms with Gasteiger partial charge in [-0.3, -0.25) is 9.69 Å². The third-order valence-corrected chi connectivity index (χ3v) is 5.72. The zero-order valence-electron chi connectivity index (χ0n) is 16.1. The standard InChI is InChI=1S/C19H26BrF3N4O2/c20-15-4-2-14(3-5-15)16-12-17(25-24-16)18(28)27-9-7-26(8-10-27)6-1-11-29-13-19(21,22)23/h2-5,16-17,24-25H,1,6-13H2. The van der Waals surface area contributed by atoms with Crippen LogP contribution in [0, 0.1) is 0 Å². The lowest BCUT2D eigenvalue weighted by Gasteiger charge is -2.35. The number of nitrogens with zero attached hydrogens (tertiary/aromatic N) is 2. The fraction of sp³-hybridized carbons (Fsp3) is 0.632. The molecule has 0 bridgehead atoms. The summed E-state index contributed by atoms with van der Waals surface area (Å²) in [6.45, 7) is 2.27. The molecule has 2 fully saturated rings. The lowest BCUT2D eigenvalue weighted by molar-refractivity contribution is -0.174. The number of carbonyl (C=O) groups is 1. The molecule has 2 heterocycles. The Morgan fingerprint density at radius 1 is 1.14 bits per heavy atom. The summed E-state index contributed by atoms with van der Waals surface area (Å²) >= 11 is 3.42. The molecule has 10 heteroatoms. The number of hydrazine groups is 1. The van der Waals surface area contributed by atoms with Crippen LogP contribution in [0.3, 0.4) is 0 Å². The maximum Gasteiger partial charge on any atom is 0.411 e. The second kappa shape index (κ2) is 10.2. The van der Waals surface area contributed by atoms with Crippen LogP contribution < -0.4 is 10.9 Å². The van der Waals surface area contributed by atoms with Gasteiger partial charge in [-0.2, -0.15) is 13.2 Å². The number of hydrogen-bond acceptors (Lipinski definition) is 5. The summed E-state index contributed by atoms with van der Waals surface area (Å²) < 4.78 is 41.8. The summed E-state index contributed by atoms with van der Waals surface area (Å²) in [4.78, 5) is 16.8. The first-order valence-electron chi connectivity index (χ1n) is 9.74. The van der Waals surface area contributed by atoms with Crippen LogP contribution in [0.25, 0.3) is 0 Å². The summed E-state index contributed by atoms with van der Waals surface area (Å²) in [6.07, 6.45) is -3.03. The van der Waals surface area contributed by atoms with Crippen molar-refractivity contribution in [1.82, 2.24) is 20.7 Å². The lowest BCUT2D eigenvalue weighted by atomic mass is 10.0. The molecule has 1 aromatic rings. The van der Waals surface area contributed by atoms with Crippen molar-refractivity contribution in [3.8, 4) is 0 Å². The third kappa shape index (κ3) is 6.92. The number of ether oxygens (including phenoxy) is 1. The van der Waals surface area contributed by atoms with E-state index in [0.29, 0.717) is 32.5 Å². The molecule has 0 radical (unpaired) electrons. The summed E-state index contributed by atoms with van der Waals surface area (Å²) in [5.74, 6) is 0.0882. The van der Waals surface area contributed by atoms with Gasteiger partial charge in [0.25, 0.3) is 0 Å². The number of alkyl halides is 3. The Morgan fingerprint density at radius 2 is 1.83 bits per heavy atom. The molecule has 6 nitrogen and oxygen atoms in total. The van der Waals surface area contributed by atoms with Crippen LogP contribution in [0.2, 0.25) is 0 Å². The first kappa shape index (κ1) is 22.5. The Kier molecular flexibility index (Phi) is 7.92. The van der Waals surface area contributed by atoms with Gasteiger partial charge in [-0.1, -0.05) is 28.1 Å². The van der Waals surface area contributed by atoms with Crippen LogP contribution in [-0.2, 0) is 9.53 Å². The van der Waals surface area contributed by atoms with E-state index in [1.54, 1.807) is 0 Å². The van der Waals surface area contributed by atoms with E-state index in [1.165, 1.54) is 0 Å². The van der Waals surface area contributed by atoms with Crippen molar-refractivity contribution in [3.05, 3.63) is 34.3 Å². The number of piperazine rings is 1. The molecular formula is C19H26BrF3N4O2. The molecule has 1 amide bonds. The van der Waals surface area contributed by atoms with E-state index in [4.69, 9.17) is 0 Å². The Bertz CT molecular complexity index is 666. The van der Waals surface area contributed by atoms with Crippen LogP contribution in [0.1, 0.15) is 24.4 Å². The van der Waals surface area contributed by atoms with E-state index in [1.807, 2.05) is 29.2 Å². The van der Waals surface area contributed by atoms with E-state index in [-0.39, 0.29) is 24.6 Å². The number of rotatable bonds is 7. The first-order valence-corrected chi connectivity index (χ1v) is 10.5. The number of nitrogens with one attached hydrogen (secondary N) is 2. The fourth-order valence-electron chi connectivity index (χ4n) is 3.62. The third-order valence-electron chi connectivity index (χ3n) is 5.19. The summed E-state index contributed by atoms with van der Waals surface area (Å²) in [6, 6.07) is 7.88. The van der Waals surface area contributed by atoms with Crippen LogP contribution >= 0.6 is 15.9 Å². The summed E-state index contributed by atoms with van der Waals surface area (Å²) in [5, 5.41) is 0. The van der Waals surface area contributed by atoms with E-state index in [9.17, 15) is 18.0 Å². The fourth-order valence-corrected chi connectivity index (χ4v) is 3.89. The highest BCUT2D eigenvalue weighted by Crippen LogP contribution is 2.24. The molecule has 0 saturated carbocycles.